The van der Waals surface area contributed by atoms with Gasteiger partial charge in [-0.2, -0.15) is 5.21 Å². The standard InChI is InChI=1S/C19H22N6O/c26-18(17-3-1-2-10-20-17)15-8-11-25(12-9-15)13-14-4-6-16(7-5-14)19-21-23-24-22-19/h1-7,10,15,18,26H,8-9,11-13H2,(H,21,22,23,24)/t18-/m1/s1. The number of tetrazole rings is 1. The molecule has 1 saturated heterocycles. The average molecular weight is 350 g/mol. The quantitative estimate of drug-likeness (QED) is 0.733. The third-order valence-corrected chi connectivity index (χ3v) is 5.03. The third kappa shape index (κ3) is 3.79. The lowest BCUT2D eigenvalue weighted by Crippen LogP contribution is -2.35. The van der Waals surface area contributed by atoms with Crippen molar-refractivity contribution in [2.24, 2.45) is 5.92 Å². The number of likely N-dealkylation sites (tertiary alicyclic amines) is 1. The van der Waals surface area contributed by atoms with E-state index in [1.165, 1.54) is 5.56 Å². The van der Waals surface area contributed by atoms with Crippen molar-refractivity contribution < 1.29 is 5.11 Å². The first kappa shape index (κ1) is 16.8. The molecule has 0 unspecified atom stereocenters. The molecule has 1 aliphatic rings. The first-order valence-electron chi connectivity index (χ1n) is 8.94. The van der Waals surface area contributed by atoms with Crippen LogP contribution in [0, 0.1) is 5.92 Å². The fourth-order valence-electron chi connectivity index (χ4n) is 3.52. The number of aromatic amines is 1. The maximum absolute atomic E-state index is 10.5. The van der Waals surface area contributed by atoms with Crippen molar-refractivity contribution in [3.63, 3.8) is 0 Å². The zero-order chi connectivity index (χ0) is 17.8. The van der Waals surface area contributed by atoms with E-state index in [2.05, 4.69) is 42.6 Å². The molecule has 0 spiro atoms. The number of nitrogens with zero attached hydrogens (tertiary/aromatic N) is 5. The Morgan fingerprint density at radius 2 is 1.92 bits per heavy atom. The highest BCUT2D eigenvalue weighted by Crippen LogP contribution is 2.30. The number of piperidine rings is 1. The summed E-state index contributed by atoms with van der Waals surface area (Å²) in [7, 11) is 0. The van der Waals surface area contributed by atoms with Crippen LogP contribution in [0.5, 0.6) is 0 Å². The van der Waals surface area contributed by atoms with Gasteiger partial charge < -0.3 is 5.11 Å². The highest BCUT2D eigenvalue weighted by molar-refractivity contribution is 5.54. The van der Waals surface area contributed by atoms with E-state index in [0.717, 1.165) is 43.7 Å². The lowest BCUT2D eigenvalue weighted by molar-refractivity contribution is 0.0540. The molecule has 134 valence electrons. The number of aromatic nitrogens is 5. The first-order valence-corrected chi connectivity index (χ1v) is 8.94. The fraction of sp³-hybridized carbons (Fsp3) is 0.368. The summed E-state index contributed by atoms with van der Waals surface area (Å²) in [5.74, 6) is 0.891. The van der Waals surface area contributed by atoms with Crippen molar-refractivity contribution in [2.45, 2.75) is 25.5 Å². The van der Waals surface area contributed by atoms with Gasteiger partial charge in [0.15, 0.2) is 0 Å². The van der Waals surface area contributed by atoms with E-state index in [0.29, 0.717) is 5.82 Å². The summed E-state index contributed by atoms with van der Waals surface area (Å²) in [6, 6.07) is 14.0. The number of nitrogens with one attached hydrogen (secondary N) is 1. The van der Waals surface area contributed by atoms with E-state index in [1.54, 1.807) is 6.20 Å². The van der Waals surface area contributed by atoms with Gasteiger partial charge in [-0.15, -0.1) is 10.2 Å². The second-order valence-corrected chi connectivity index (χ2v) is 6.75. The van der Waals surface area contributed by atoms with Crippen LogP contribution in [-0.2, 0) is 6.54 Å². The highest BCUT2D eigenvalue weighted by atomic mass is 16.3. The lowest BCUT2D eigenvalue weighted by Gasteiger charge is -2.34. The molecule has 1 fully saturated rings. The zero-order valence-electron chi connectivity index (χ0n) is 14.5. The highest BCUT2D eigenvalue weighted by Gasteiger charge is 2.26. The van der Waals surface area contributed by atoms with Crippen LogP contribution >= 0.6 is 0 Å². The van der Waals surface area contributed by atoms with Crippen molar-refractivity contribution in [3.05, 3.63) is 59.9 Å². The van der Waals surface area contributed by atoms with E-state index in [4.69, 9.17) is 0 Å². The largest absolute Gasteiger partial charge is 0.387 e. The van der Waals surface area contributed by atoms with Gasteiger partial charge in [0.1, 0.15) is 0 Å². The molecule has 2 N–H and O–H groups in total. The first-order chi connectivity index (χ1) is 12.8. The SMILES string of the molecule is O[C@@H](c1ccccn1)C1CCN(Cc2ccc(-c3nn[nH]n3)cc2)CC1. The molecule has 0 radical (unpaired) electrons. The van der Waals surface area contributed by atoms with E-state index in [9.17, 15) is 5.11 Å². The van der Waals surface area contributed by atoms with Crippen LogP contribution in [0.3, 0.4) is 0 Å². The predicted molar refractivity (Wildman–Crippen MR) is 96.8 cm³/mol. The molecule has 3 heterocycles. The Bertz CT molecular complexity index is 798. The van der Waals surface area contributed by atoms with Gasteiger partial charge in [0, 0.05) is 18.3 Å². The van der Waals surface area contributed by atoms with Crippen molar-refractivity contribution in [3.8, 4) is 11.4 Å². The van der Waals surface area contributed by atoms with Crippen molar-refractivity contribution >= 4 is 0 Å². The summed E-state index contributed by atoms with van der Waals surface area (Å²) in [6.45, 7) is 2.89. The third-order valence-electron chi connectivity index (χ3n) is 5.03. The van der Waals surface area contributed by atoms with Gasteiger partial charge in [-0.25, -0.2) is 0 Å². The minimum atomic E-state index is -0.465. The number of aliphatic hydroxyl groups is 1. The van der Waals surface area contributed by atoms with Gasteiger partial charge >= 0.3 is 0 Å². The molecule has 0 amide bonds. The van der Waals surface area contributed by atoms with Crippen LogP contribution in [0.15, 0.2) is 48.7 Å². The van der Waals surface area contributed by atoms with Crippen molar-refractivity contribution in [1.29, 1.82) is 0 Å². The van der Waals surface area contributed by atoms with Crippen LogP contribution in [0.2, 0.25) is 0 Å². The Morgan fingerprint density at radius 1 is 1.12 bits per heavy atom. The van der Waals surface area contributed by atoms with Crippen LogP contribution in [0.25, 0.3) is 11.4 Å². The smallest absolute Gasteiger partial charge is 0.204 e. The van der Waals surface area contributed by atoms with Gasteiger partial charge in [-0.05, 0) is 54.8 Å². The number of H-pyrrole nitrogens is 1. The summed E-state index contributed by atoms with van der Waals surface area (Å²) in [6.07, 6.45) is 3.25. The van der Waals surface area contributed by atoms with Crippen molar-refractivity contribution in [2.75, 3.05) is 13.1 Å². The summed E-state index contributed by atoms with van der Waals surface area (Å²) < 4.78 is 0. The zero-order valence-corrected chi connectivity index (χ0v) is 14.5. The number of rotatable bonds is 5. The molecule has 1 aliphatic heterocycles. The minimum Gasteiger partial charge on any atom is -0.387 e. The molecule has 26 heavy (non-hydrogen) atoms. The van der Waals surface area contributed by atoms with Gasteiger partial charge in [-0.1, -0.05) is 30.3 Å². The van der Waals surface area contributed by atoms with E-state index < -0.39 is 6.10 Å². The molecular weight excluding hydrogens is 328 g/mol. The molecule has 3 aromatic rings. The molecule has 7 heteroatoms. The van der Waals surface area contributed by atoms with E-state index in [1.807, 2.05) is 30.3 Å². The number of hydrogen-bond donors (Lipinski definition) is 2. The Labute approximate surface area is 152 Å². The summed E-state index contributed by atoms with van der Waals surface area (Å²) in [5, 5.41) is 24.6. The summed E-state index contributed by atoms with van der Waals surface area (Å²) >= 11 is 0. The number of aliphatic hydroxyl groups excluding tert-OH is 1. The minimum absolute atomic E-state index is 0.279. The van der Waals surface area contributed by atoms with Gasteiger partial charge in [0.2, 0.25) is 5.82 Å². The molecule has 0 bridgehead atoms. The van der Waals surface area contributed by atoms with Crippen LogP contribution in [-0.4, -0.2) is 48.7 Å². The maximum atomic E-state index is 10.5. The average Bonchev–Trinajstić information content (AvgIpc) is 3.24. The molecule has 4 rings (SSSR count). The fourth-order valence-corrected chi connectivity index (χ4v) is 3.52. The van der Waals surface area contributed by atoms with Gasteiger partial charge in [0.05, 0.1) is 11.8 Å². The summed E-state index contributed by atoms with van der Waals surface area (Å²) in [5.41, 5.74) is 3.00. The van der Waals surface area contributed by atoms with Crippen LogP contribution in [0.1, 0.15) is 30.2 Å². The molecule has 0 saturated carbocycles. The normalized spacial score (nSPS) is 17.3. The predicted octanol–water partition coefficient (Wildman–Crippen LogP) is 2.21. The molecular formula is C19H22N6O. The molecule has 0 aliphatic carbocycles. The topological polar surface area (TPSA) is 90.8 Å². The van der Waals surface area contributed by atoms with Gasteiger partial charge in [-0.3, -0.25) is 9.88 Å². The second-order valence-electron chi connectivity index (χ2n) is 6.75. The van der Waals surface area contributed by atoms with E-state index in [-0.39, 0.29) is 5.92 Å². The molecule has 1 aromatic carbocycles. The summed E-state index contributed by atoms with van der Waals surface area (Å²) in [4.78, 5) is 6.72. The molecule has 2 aromatic heterocycles. The number of pyridine rings is 1. The Balaban J connectivity index is 1.31. The van der Waals surface area contributed by atoms with Crippen molar-refractivity contribution in [1.82, 2.24) is 30.5 Å². The Morgan fingerprint density at radius 3 is 2.58 bits per heavy atom. The van der Waals surface area contributed by atoms with Crippen LogP contribution < -0.4 is 0 Å². The van der Waals surface area contributed by atoms with E-state index >= 15 is 0 Å². The number of benzene rings is 1. The second kappa shape index (κ2) is 7.72. The Hall–Kier alpha value is -2.64. The Kier molecular flexibility index (Phi) is 4.99. The monoisotopic (exact) mass is 350 g/mol. The number of hydrogen-bond acceptors (Lipinski definition) is 6. The van der Waals surface area contributed by atoms with Gasteiger partial charge in [0.25, 0.3) is 0 Å². The van der Waals surface area contributed by atoms with Crippen LogP contribution in [0.4, 0.5) is 0 Å². The lowest BCUT2D eigenvalue weighted by atomic mass is 9.89. The molecule has 7 nitrogen and oxygen atoms in total. The molecule has 1 atom stereocenters. The maximum Gasteiger partial charge on any atom is 0.204 e.